The van der Waals surface area contributed by atoms with Gasteiger partial charge in [0.2, 0.25) is 0 Å². The minimum absolute atomic E-state index is 0.157. The maximum absolute atomic E-state index is 12.1. The van der Waals surface area contributed by atoms with E-state index in [4.69, 9.17) is 25.7 Å². The van der Waals surface area contributed by atoms with Gasteiger partial charge in [0, 0.05) is 12.8 Å². The monoisotopic (exact) mass is 468 g/mol. The van der Waals surface area contributed by atoms with Gasteiger partial charge in [-0.1, -0.05) is 56.8 Å². The summed E-state index contributed by atoms with van der Waals surface area (Å²) in [6.45, 7) is 1.62. The summed E-state index contributed by atoms with van der Waals surface area (Å²) in [5.41, 5.74) is 10.3. The first-order chi connectivity index (χ1) is 16.0. The highest BCUT2D eigenvalue weighted by atomic mass is 16.6. The number of esters is 2. The van der Waals surface area contributed by atoms with Crippen LogP contribution in [0.3, 0.4) is 0 Å². The van der Waals surface area contributed by atoms with Crippen LogP contribution in [0.4, 0.5) is 4.79 Å². The molecule has 0 spiro atoms. The van der Waals surface area contributed by atoms with Crippen LogP contribution in [-0.4, -0.2) is 37.3 Å². The Hall–Kier alpha value is -2.51. The Morgan fingerprint density at radius 3 is 1.82 bits per heavy atom. The van der Waals surface area contributed by atoms with E-state index in [0.29, 0.717) is 12.8 Å². The molecule has 0 rings (SSSR count). The number of nitrogens with two attached hydrogens (primary N) is 2. The van der Waals surface area contributed by atoms with E-state index < -0.39 is 18.2 Å². The Kier molecular flexibility index (Phi) is 21.0. The fraction of sp³-hybridized carbons (Fsp3) is 0.720. The fourth-order valence-corrected chi connectivity index (χ4v) is 3.18. The number of rotatable bonds is 21. The van der Waals surface area contributed by atoms with Crippen LogP contribution in [0.1, 0.15) is 96.8 Å². The van der Waals surface area contributed by atoms with Gasteiger partial charge >= 0.3 is 18.0 Å². The van der Waals surface area contributed by atoms with Gasteiger partial charge in [0.25, 0.3) is 0 Å². The van der Waals surface area contributed by atoms with Gasteiger partial charge in [-0.05, 0) is 51.6 Å². The van der Waals surface area contributed by atoms with Crippen LogP contribution in [0.15, 0.2) is 24.4 Å². The van der Waals surface area contributed by atoms with Crippen molar-refractivity contribution in [2.45, 2.75) is 103 Å². The van der Waals surface area contributed by atoms with E-state index in [2.05, 4.69) is 12.2 Å². The van der Waals surface area contributed by atoms with E-state index >= 15 is 0 Å². The Morgan fingerprint density at radius 2 is 1.24 bits per heavy atom. The van der Waals surface area contributed by atoms with Crippen LogP contribution in [0, 0.1) is 0 Å². The summed E-state index contributed by atoms with van der Waals surface area (Å²) in [7, 11) is 0. The molecule has 0 bridgehead atoms. The van der Waals surface area contributed by atoms with Gasteiger partial charge < -0.3 is 25.7 Å². The molecular formula is C25H44N2O6. The third-order valence-electron chi connectivity index (χ3n) is 5.01. The zero-order valence-corrected chi connectivity index (χ0v) is 20.3. The number of carbonyl (C=O) groups excluding carboxylic acids is 3. The van der Waals surface area contributed by atoms with Crippen molar-refractivity contribution >= 4 is 18.0 Å². The van der Waals surface area contributed by atoms with Crippen molar-refractivity contribution in [2.24, 2.45) is 11.5 Å². The average Bonchev–Trinajstić information content (AvgIpc) is 2.79. The first-order valence-electron chi connectivity index (χ1n) is 12.2. The first kappa shape index (κ1) is 30.5. The Bertz CT molecular complexity index is 577. The molecule has 1 amide bonds. The van der Waals surface area contributed by atoms with Crippen molar-refractivity contribution in [3.63, 3.8) is 0 Å². The largest absolute Gasteiger partial charge is 0.462 e. The number of unbranched alkanes of at least 4 members (excludes halogenated alkanes) is 10. The molecule has 0 aromatic carbocycles. The molecule has 0 aromatic heterocycles. The van der Waals surface area contributed by atoms with Gasteiger partial charge in [0.05, 0.1) is 0 Å². The van der Waals surface area contributed by atoms with Gasteiger partial charge in [-0.3, -0.25) is 9.59 Å². The highest BCUT2D eigenvalue weighted by Gasteiger charge is 2.18. The normalized spacial score (nSPS) is 12.2. The third-order valence-corrected chi connectivity index (χ3v) is 5.01. The van der Waals surface area contributed by atoms with Crippen molar-refractivity contribution < 1.29 is 28.6 Å². The minimum Gasteiger partial charge on any atom is -0.462 e. The molecule has 1 unspecified atom stereocenters. The molecule has 0 saturated carbocycles. The second-order valence-corrected chi connectivity index (χ2v) is 8.03. The molecule has 1 atom stereocenters. The number of ether oxygens (including phenoxy) is 3. The highest BCUT2D eigenvalue weighted by molar-refractivity contribution is 5.70. The first-order valence-corrected chi connectivity index (χ1v) is 12.2. The van der Waals surface area contributed by atoms with Crippen LogP contribution in [0.2, 0.25) is 0 Å². The van der Waals surface area contributed by atoms with Crippen LogP contribution in [0.25, 0.3) is 0 Å². The second kappa shape index (κ2) is 22.7. The lowest BCUT2D eigenvalue weighted by Gasteiger charge is -2.17. The molecule has 0 heterocycles. The zero-order chi connectivity index (χ0) is 24.6. The van der Waals surface area contributed by atoms with E-state index in [1.54, 1.807) is 6.20 Å². The van der Waals surface area contributed by atoms with E-state index in [0.717, 1.165) is 70.6 Å². The van der Waals surface area contributed by atoms with E-state index in [9.17, 15) is 14.4 Å². The highest BCUT2D eigenvalue weighted by Crippen LogP contribution is 2.10. The lowest BCUT2D eigenvalue weighted by Crippen LogP contribution is -2.31. The van der Waals surface area contributed by atoms with Gasteiger partial charge in [0.1, 0.15) is 13.2 Å². The molecular weight excluding hydrogens is 424 g/mol. The molecule has 0 aliphatic heterocycles. The molecule has 33 heavy (non-hydrogen) atoms. The van der Waals surface area contributed by atoms with Crippen LogP contribution in [-0.2, 0) is 23.8 Å². The number of hydrogen-bond donors (Lipinski definition) is 2. The number of amides is 1. The summed E-state index contributed by atoms with van der Waals surface area (Å²) in [6.07, 6.45) is 18.5. The minimum atomic E-state index is -0.971. The topological polar surface area (TPSA) is 131 Å². The Morgan fingerprint density at radius 1 is 0.727 bits per heavy atom. The van der Waals surface area contributed by atoms with Gasteiger partial charge in [-0.25, -0.2) is 4.79 Å². The number of carbonyl (C=O) groups is 3. The predicted octanol–water partition coefficient (Wildman–Crippen LogP) is 5.05. The molecule has 8 nitrogen and oxygen atoms in total. The second-order valence-electron chi connectivity index (χ2n) is 8.03. The molecule has 0 aliphatic rings. The summed E-state index contributed by atoms with van der Waals surface area (Å²) in [5.74, 6) is -0.762. The van der Waals surface area contributed by atoms with Crippen LogP contribution < -0.4 is 11.5 Å². The molecule has 190 valence electrons. The molecule has 0 fully saturated rings. The molecule has 0 aromatic rings. The number of allylic oxidation sites excluding steroid dienone is 3. The average molecular weight is 469 g/mol. The summed E-state index contributed by atoms with van der Waals surface area (Å²) < 4.78 is 15.3. The molecule has 0 aliphatic carbocycles. The van der Waals surface area contributed by atoms with Crippen molar-refractivity contribution in [3.8, 4) is 0 Å². The van der Waals surface area contributed by atoms with Gasteiger partial charge in [-0.15, -0.1) is 0 Å². The van der Waals surface area contributed by atoms with Crippen LogP contribution >= 0.6 is 0 Å². The number of primary amides is 1. The van der Waals surface area contributed by atoms with Crippen molar-refractivity contribution in [3.05, 3.63) is 24.4 Å². The Balaban J connectivity index is 4.05. The number of hydrogen-bond acceptors (Lipinski definition) is 7. The lowest BCUT2D eigenvalue weighted by atomic mass is 10.1. The van der Waals surface area contributed by atoms with Gasteiger partial charge in [0.15, 0.2) is 6.10 Å². The summed E-state index contributed by atoms with van der Waals surface area (Å²) >= 11 is 0. The van der Waals surface area contributed by atoms with Crippen molar-refractivity contribution in [1.82, 2.24) is 0 Å². The lowest BCUT2D eigenvalue weighted by molar-refractivity contribution is -0.161. The maximum atomic E-state index is 12.1. The Labute approximate surface area is 199 Å². The summed E-state index contributed by atoms with van der Waals surface area (Å²) in [5, 5.41) is 0. The van der Waals surface area contributed by atoms with E-state index in [1.165, 1.54) is 0 Å². The standard InChI is InChI=1S/C25H44N2O6/c1-2-3-4-5-6-8-11-14-17-23(28)31-20-22(21-32-25(27)30)33-24(29)18-15-12-9-7-10-13-16-19-26/h2-3,16,19,22H,4-15,17-18,20-21,26H2,1H3,(H2,27,30)/b3-2+,19-16+. The molecule has 4 N–H and O–H groups in total. The molecule has 8 heteroatoms. The smallest absolute Gasteiger partial charge is 0.404 e. The molecule has 0 saturated heterocycles. The SMILES string of the molecule is C/C=C/CCCCCCCC(=O)OCC(COC(N)=O)OC(=O)CCCCCCC/C=C/N. The predicted molar refractivity (Wildman–Crippen MR) is 129 cm³/mol. The zero-order valence-electron chi connectivity index (χ0n) is 20.3. The quantitative estimate of drug-likeness (QED) is 0.104. The van der Waals surface area contributed by atoms with E-state index in [1.807, 2.05) is 13.0 Å². The molecule has 0 radical (unpaired) electrons. The van der Waals surface area contributed by atoms with Crippen molar-refractivity contribution in [2.75, 3.05) is 13.2 Å². The van der Waals surface area contributed by atoms with Gasteiger partial charge in [-0.2, -0.15) is 0 Å². The van der Waals surface area contributed by atoms with Crippen LogP contribution in [0.5, 0.6) is 0 Å². The van der Waals surface area contributed by atoms with E-state index in [-0.39, 0.29) is 25.6 Å². The third kappa shape index (κ3) is 22.5. The maximum Gasteiger partial charge on any atom is 0.404 e. The summed E-state index contributed by atoms with van der Waals surface area (Å²) in [4.78, 5) is 35.0. The summed E-state index contributed by atoms with van der Waals surface area (Å²) in [6, 6.07) is 0. The van der Waals surface area contributed by atoms with Crippen molar-refractivity contribution in [1.29, 1.82) is 0 Å². The fourth-order valence-electron chi connectivity index (χ4n) is 3.18.